The number of methoxy groups -OCH3 is 1. The van der Waals surface area contributed by atoms with Gasteiger partial charge in [-0.2, -0.15) is 0 Å². The summed E-state index contributed by atoms with van der Waals surface area (Å²) in [5.41, 5.74) is 0.768. The first-order valence-corrected chi connectivity index (χ1v) is 10.6. The van der Waals surface area contributed by atoms with Gasteiger partial charge in [-0.1, -0.05) is 19.9 Å². The van der Waals surface area contributed by atoms with E-state index in [1.165, 1.54) is 19.5 Å². The molecule has 0 saturated carbocycles. The van der Waals surface area contributed by atoms with Gasteiger partial charge in [0.25, 0.3) is 11.7 Å². The molecule has 1 N–H and O–H groups in total. The third-order valence-electron chi connectivity index (χ3n) is 5.74. The Morgan fingerprint density at radius 3 is 2.53 bits per heavy atom. The number of aromatic nitrogens is 1. The van der Waals surface area contributed by atoms with Crippen LogP contribution in [0.5, 0.6) is 5.75 Å². The molecule has 0 bridgehead atoms. The van der Waals surface area contributed by atoms with Crippen molar-refractivity contribution >= 4 is 23.1 Å². The maximum absolute atomic E-state index is 14.7. The number of carbonyl (C=O) groups is 2. The minimum Gasteiger partial charge on any atom is -0.507 e. The average Bonchev–Trinajstić information content (AvgIpc) is 3.10. The molecule has 1 aliphatic heterocycles. The second-order valence-corrected chi connectivity index (χ2v) is 8.16. The normalized spacial score (nSPS) is 17.5. The van der Waals surface area contributed by atoms with E-state index in [1.807, 2.05) is 13.8 Å². The molecule has 0 spiro atoms. The second kappa shape index (κ2) is 9.05. The largest absolute Gasteiger partial charge is 0.507 e. The summed E-state index contributed by atoms with van der Waals surface area (Å²) < 4.78 is 34.1. The van der Waals surface area contributed by atoms with Crippen molar-refractivity contribution in [3.05, 3.63) is 94.8 Å². The van der Waals surface area contributed by atoms with Gasteiger partial charge in [-0.05, 0) is 53.4 Å². The van der Waals surface area contributed by atoms with Gasteiger partial charge in [0.05, 0.1) is 24.4 Å². The quantitative estimate of drug-likeness (QED) is 0.322. The number of anilines is 1. The predicted molar refractivity (Wildman–Crippen MR) is 122 cm³/mol. The molecule has 1 saturated heterocycles. The lowest BCUT2D eigenvalue weighted by molar-refractivity contribution is -0.132. The van der Waals surface area contributed by atoms with Gasteiger partial charge in [-0.25, -0.2) is 8.78 Å². The van der Waals surface area contributed by atoms with Crippen LogP contribution in [0.3, 0.4) is 0 Å². The van der Waals surface area contributed by atoms with Crippen molar-refractivity contribution < 1.29 is 28.2 Å². The summed E-state index contributed by atoms with van der Waals surface area (Å²) in [6, 6.07) is 9.50. The molecule has 34 heavy (non-hydrogen) atoms. The number of Topliss-reactive ketones (excluding diaryl/α,β-unsaturated/α-hetero) is 1. The number of hydrogen-bond donors (Lipinski definition) is 1. The second-order valence-electron chi connectivity index (χ2n) is 8.16. The number of rotatable bonds is 5. The van der Waals surface area contributed by atoms with Crippen LogP contribution in [0, 0.1) is 11.6 Å². The van der Waals surface area contributed by atoms with Crippen LogP contribution in [0.25, 0.3) is 5.76 Å². The van der Waals surface area contributed by atoms with E-state index in [4.69, 9.17) is 4.74 Å². The summed E-state index contributed by atoms with van der Waals surface area (Å²) in [5.74, 6) is -3.55. The fraction of sp³-hybridized carbons (Fsp3) is 0.192. The van der Waals surface area contributed by atoms with Crippen LogP contribution in [-0.4, -0.2) is 28.9 Å². The molecule has 2 aromatic carbocycles. The van der Waals surface area contributed by atoms with Gasteiger partial charge in [-0.3, -0.25) is 19.5 Å². The number of benzene rings is 2. The number of ketones is 1. The third-order valence-corrected chi connectivity index (χ3v) is 5.74. The number of nitrogens with zero attached hydrogens (tertiary/aromatic N) is 2. The standard InChI is InChI=1S/C26H22F2N2O4/c1-14(2)18-11-15(6-9-21(18)34-3)24(31)22-23(16-5-4-10-29-13-16)30(26(33)25(22)32)20-12-17(27)7-8-19(20)28/h4-14,23,31H,1-3H3/b24-22-. The summed E-state index contributed by atoms with van der Waals surface area (Å²) in [4.78, 5) is 31.1. The summed E-state index contributed by atoms with van der Waals surface area (Å²) in [7, 11) is 1.53. The molecule has 1 amide bonds. The molecule has 1 fully saturated rings. The van der Waals surface area contributed by atoms with Crippen molar-refractivity contribution in [1.29, 1.82) is 0 Å². The molecule has 174 valence electrons. The Kier molecular flexibility index (Phi) is 6.15. The van der Waals surface area contributed by atoms with Crippen molar-refractivity contribution in [2.75, 3.05) is 12.0 Å². The van der Waals surface area contributed by atoms with Gasteiger partial charge in [0.2, 0.25) is 0 Å². The maximum Gasteiger partial charge on any atom is 0.300 e. The van der Waals surface area contributed by atoms with E-state index in [-0.39, 0.29) is 17.1 Å². The number of ether oxygens (including phenoxy) is 1. The molecule has 1 unspecified atom stereocenters. The van der Waals surface area contributed by atoms with Gasteiger partial charge in [0.15, 0.2) is 0 Å². The van der Waals surface area contributed by atoms with Gasteiger partial charge >= 0.3 is 0 Å². The Morgan fingerprint density at radius 1 is 1.12 bits per heavy atom. The number of hydrogen-bond acceptors (Lipinski definition) is 5. The van der Waals surface area contributed by atoms with Crippen molar-refractivity contribution in [2.24, 2.45) is 0 Å². The number of aliphatic hydroxyl groups is 1. The molecule has 2 heterocycles. The molecule has 1 aromatic heterocycles. The highest BCUT2D eigenvalue weighted by atomic mass is 19.1. The Labute approximate surface area is 195 Å². The number of carbonyl (C=O) groups excluding carboxylic acids is 2. The molecule has 3 aromatic rings. The van der Waals surface area contributed by atoms with E-state index in [0.29, 0.717) is 11.3 Å². The molecule has 8 heteroatoms. The molecule has 1 atom stereocenters. The number of halogens is 2. The highest BCUT2D eigenvalue weighted by Gasteiger charge is 2.48. The highest BCUT2D eigenvalue weighted by molar-refractivity contribution is 6.51. The Hall–Kier alpha value is -4.07. The van der Waals surface area contributed by atoms with Crippen LogP contribution in [-0.2, 0) is 9.59 Å². The Balaban J connectivity index is 1.97. The predicted octanol–water partition coefficient (Wildman–Crippen LogP) is 5.12. The van der Waals surface area contributed by atoms with Gasteiger partial charge in [0.1, 0.15) is 23.1 Å². The molecule has 0 aliphatic carbocycles. The molecule has 1 aliphatic rings. The maximum atomic E-state index is 14.7. The Morgan fingerprint density at radius 2 is 1.88 bits per heavy atom. The highest BCUT2D eigenvalue weighted by Crippen LogP contribution is 2.43. The average molecular weight is 464 g/mol. The fourth-order valence-corrected chi connectivity index (χ4v) is 4.09. The SMILES string of the molecule is COc1ccc(/C(O)=C2/C(=O)C(=O)N(c3cc(F)ccc3F)C2c2cccnc2)cc1C(C)C. The molecular weight excluding hydrogens is 442 g/mol. The number of amides is 1. The van der Waals surface area contributed by atoms with Crippen LogP contribution >= 0.6 is 0 Å². The molecule has 4 rings (SSSR count). The number of aliphatic hydroxyl groups excluding tert-OH is 1. The van der Waals surface area contributed by atoms with Gasteiger partial charge < -0.3 is 9.84 Å². The van der Waals surface area contributed by atoms with Crippen molar-refractivity contribution in [3.63, 3.8) is 0 Å². The lowest BCUT2D eigenvalue weighted by Gasteiger charge is -2.25. The van der Waals surface area contributed by atoms with Crippen LogP contribution in [0.1, 0.15) is 42.5 Å². The first-order valence-electron chi connectivity index (χ1n) is 10.6. The van der Waals surface area contributed by atoms with E-state index in [0.717, 1.165) is 28.7 Å². The zero-order valence-corrected chi connectivity index (χ0v) is 18.8. The van der Waals surface area contributed by atoms with Crippen molar-refractivity contribution in [3.8, 4) is 5.75 Å². The zero-order chi connectivity index (χ0) is 24.6. The summed E-state index contributed by atoms with van der Waals surface area (Å²) in [6.45, 7) is 3.89. The minimum absolute atomic E-state index is 0.0422. The molecular formula is C26H22F2N2O4. The monoisotopic (exact) mass is 464 g/mol. The molecule has 0 radical (unpaired) electrons. The first kappa shape index (κ1) is 23.1. The zero-order valence-electron chi connectivity index (χ0n) is 18.8. The van der Waals surface area contributed by atoms with E-state index in [2.05, 4.69) is 4.98 Å². The summed E-state index contributed by atoms with van der Waals surface area (Å²) >= 11 is 0. The van der Waals surface area contributed by atoms with Crippen LogP contribution in [0.15, 0.2) is 66.5 Å². The third kappa shape index (κ3) is 3.91. The first-order chi connectivity index (χ1) is 16.2. The van der Waals surface area contributed by atoms with E-state index in [1.54, 1.807) is 30.3 Å². The lowest BCUT2D eigenvalue weighted by Crippen LogP contribution is -2.30. The Bertz CT molecular complexity index is 1310. The minimum atomic E-state index is -1.21. The lowest BCUT2D eigenvalue weighted by atomic mass is 9.93. The topological polar surface area (TPSA) is 79.7 Å². The van der Waals surface area contributed by atoms with E-state index in [9.17, 15) is 23.5 Å². The summed E-state index contributed by atoms with van der Waals surface area (Å²) in [6.07, 6.45) is 2.90. The number of pyridine rings is 1. The van der Waals surface area contributed by atoms with Gasteiger partial charge in [-0.15, -0.1) is 0 Å². The van der Waals surface area contributed by atoms with Crippen LogP contribution in [0.2, 0.25) is 0 Å². The summed E-state index contributed by atoms with van der Waals surface area (Å²) in [5, 5.41) is 11.2. The van der Waals surface area contributed by atoms with E-state index < -0.39 is 40.8 Å². The van der Waals surface area contributed by atoms with Crippen LogP contribution < -0.4 is 9.64 Å². The van der Waals surface area contributed by atoms with Crippen LogP contribution in [0.4, 0.5) is 14.5 Å². The fourth-order valence-electron chi connectivity index (χ4n) is 4.09. The smallest absolute Gasteiger partial charge is 0.300 e. The van der Waals surface area contributed by atoms with E-state index >= 15 is 0 Å². The van der Waals surface area contributed by atoms with Gasteiger partial charge in [0, 0.05) is 24.0 Å². The molecule has 6 nitrogen and oxygen atoms in total. The van der Waals surface area contributed by atoms with Crippen molar-refractivity contribution in [2.45, 2.75) is 25.8 Å². The van der Waals surface area contributed by atoms with Crippen molar-refractivity contribution in [1.82, 2.24) is 4.98 Å².